The summed E-state index contributed by atoms with van der Waals surface area (Å²) in [7, 11) is -2.56. The molecule has 0 aliphatic rings. The number of alkyl halides is 3. The number of rotatable bonds is 5. The van der Waals surface area contributed by atoms with Gasteiger partial charge in [0, 0.05) is 7.05 Å². The van der Waals surface area contributed by atoms with E-state index < -0.39 is 33.7 Å². The Hall–Kier alpha value is -2.10. The third-order valence-electron chi connectivity index (χ3n) is 3.80. The molecule has 0 radical (unpaired) electrons. The quantitative estimate of drug-likeness (QED) is 0.797. The molecule has 1 N–H and O–H groups in total. The highest BCUT2D eigenvalue weighted by Gasteiger charge is 2.33. The standard InChI is InChI=1S/C17H16ClF3N2O3S/c1-23(27(2,25)26)15(11-6-4-3-5-7-11)16(24)22-14-10-12(17(19,20)21)8-9-13(14)18/h3-10,15H,1-2H3,(H,22,24)/t15-/m1/s1. The summed E-state index contributed by atoms with van der Waals surface area (Å²) >= 11 is 5.90. The molecule has 0 saturated heterocycles. The molecule has 0 aromatic heterocycles. The highest BCUT2D eigenvalue weighted by Crippen LogP contribution is 2.34. The zero-order chi connectivity index (χ0) is 20.4. The number of carbonyl (C=O) groups excluding carboxylic acids is 1. The molecule has 1 amide bonds. The highest BCUT2D eigenvalue weighted by atomic mass is 35.5. The number of benzene rings is 2. The lowest BCUT2D eigenvalue weighted by Crippen LogP contribution is -2.38. The van der Waals surface area contributed by atoms with Gasteiger partial charge >= 0.3 is 6.18 Å². The van der Waals surface area contributed by atoms with Crippen LogP contribution in [0.2, 0.25) is 5.02 Å². The maximum Gasteiger partial charge on any atom is 0.416 e. The number of nitrogens with zero attached hydrogens (tertiary/aromatic N) is 1. The SMILES string of the molecule is CN([C@@H](C(=O)Nc1cc(C(F)(F)F)ccc1Cl)c1ccccc1)S(C)(=O)=O. The van der Waals surface area contributed by atoms with Gasteiger partial charge in [0.15, 0.2) is 0 Å². The first-order valence-electron chi connectivity index (χ1n) is 7.57. The van der Waals surface area contributed by atoms with Crippen LogP contribution < -0.4 is 5.32 Å². The Kier molecular flexibility index (Phi) is 6.18. The molecular formula is C17H16ClF3N2O3S. The molecule has 0 unspecified atom stereocenters. The van der Waals surface area contributed by atoms with Crippen molar-refractivity contribution in [2.24, 2.45) is 0 Å². The van der Waals surface area contributed by atoms with Gasteiger partial charge in [0.2, 0.25) is 15.9 Å². The number of halogens is 4. The smallest absolute Gasteiger partial charge is 0.323 e. The van der Waals surface area contributed by atoms with Crippen LogP contribution in [0.3, 0.4) is 0 Å². The predicted octanol–water partition coefficient (Wildman–Crippen LogP) is 3.93. The van der Waals surface area contributed by atoms with Crippen LogP contribution in [0.5, 0.6) is 0 Å². The summed E-state index contributed by atoms with van der Waals surface area (Å²) in [5.41, 5.74) is -0.903. The van der Waals surface area contributed by atoms with E-state index in [4.69, 9.17) is 11.6 Å². The minimum absolute atomic E-state index is 0.106. The van der Waals surface area contributed by atoms with E-state index in [2.05, 4.69) is 5.32 Å². The van der Waals surface area contributed by atoms with Crippen LogP contribution >= 0.6 is 11.6 Å². The fourth-order valence-corrected chi connectivity index (χ4v) is 3.12. The molecule has 2 aromatic carbocycles. The molecule has 2 aromatic rings. The Balaban J connectivity index is 2.43. The van der Waals surface area contributed by atoms with Crippen LogP contribution in [0.15, 0.2) is 48.5 Å². The van der Waals surface area contributed by atoms with Crippen LogP contribution in [0, 0.1) is 0 Å². The minimum Gasteiger partial charge on any atom is -0.323 e. The first kappa shape index (κ1) is 21.2. The van der Waals surface area contributed by atoms with Crippen molar-refractivity contribution in [2.45, 2.75) is 12.2 Å². The average Bonchev–Trinajstić information content (AvgIpc) is 2.56. The van der Waals surface area contributed by atoms with E-state index in [1.807, 2.05) is 0 Å². The van der Waals surface area contributed by atoms with Gasteiger partial charge in [-0.05, 0) is 23.8 Å². The molecule has 0 fully saturated rings. The Labute approximate surface area is 159 Å². The number of hydrogen-bond acceptors (Lipinski definition) is 3. The third-order valence-corrected chi connectivity index (χ3v) is 5.39. The van der Waals surface area contributed by atoms with E-state index in [1.165, 1.54) is 7.05 Å². The van der Waals surface area contributed by atoms with Crippen LogP contribution in [-0.2, 0) is 21.0 Å². The Bertz CT molecular complexity index is 934. The first-order valence-corrected chi connectivity index (χ1v) is 9.79. The van der Waals surface area contributed by atoms with E-state index >= 15 is 0 Å². The molecule has 0 saturated carbocycles. The number of sulfonamides is 1. The topological polar surface area (TPSA) is 66.5 Å². The van der Waals surface area contributed by atoms with Gasteiger partial charge < -0.3 is 5.32 Å². The number of anilines is 1. The van der Waals surface area contributed by atoms with Crippen molar-refractivity contribution < 1.29 is 26.4 Å². The second kappa shape index (κ2) is 7.87. The second-order valence-corrected chi connectivity index (χ2v) is 8.22. The highest BCUT2D eigenvalue weighted by molar-refractivity contribution is 7.88. The van der Waals surface area contributed by atoms with Gasteiger partial charge in [-0.3, -0.25) is 4.79 Å². The maximum atomic E-state index is 12.9. The van der Waals surface area contributed by atoms with E-state index in [0.717, 1.165) is 22.7 Å². The molecular weight excluding hydrogens is 405 g/mol. The molecule has 2 rings (SSSR count). The van der Waals surface area contributed by atoms with Crippen molar-refractivity contribution in [1.29, 1.82) is 0 Å². The van der Waals surface area contributed by atoms with Gasteiger partial charge in [0.05, 0.1) is 22.5 Å². The Morgan fingerprint density at radius 2 is 1.74 bits per heavy atom. The lowest BCUT2D eigenvalue weighted by atomic mass is 10.1. The van der Waals surface area contributed by atoms with Crippen molar-refractivity contribution >= 4 is 33.2 Å². The number of hydrogen-bond donors (Lipinski definition) is 1. The maximum absolute atomic E-state index is 12.9. The van der Waals surface area contributed by atoms with Crippen molar-refractivity contribution in [1.82, 2.24) is 4.31 Å². The summed E-state index contributed by atoms with van der Waals surface area (Å²) in [6, 6.07) is 9.20. The number of carbonyl (C=O) groups is 1. The number of amides is 1. The third kappa shape index (κ3) is 5.21. The van der Waals surface area contributed by atoms with Crippen LogP contribution in [0.4, 0.5) is 18.9 Å². The molecule has 0 bridgehead atoms. The summed E-state index contributed by atoms with van der Waals surface area (Å²) in [6.07, 6.45) is -3.69. The number of likely N-dealkylation sites (N-methyl/N-ethyl adjacent to an activating group) is 1. The van der Waals surface area contributed by atoms with Crippen LogP contribution in [0.1, 0.15) is 17.2 Å². The monoisotopic (exact) mass is 420 g/mol. The van der Waals surface area contributed by atoms with Gasteiger partial charge in [-0.15, -0.1) is 0 Å². The molecule has 5 nitrogen and oxygen atoms in total. The molecule has 0 aliphatic carbocycles. The molecule has 10 heteroatoms. The van der Waals surface area contributed by atoms with Crippen LogP contribution in [-0.4, -0.2) is 31.9 Å². The fraction of sp³-hybridized carbons (Fsp3) is 0.235. The summed E-state index contributed by atoms with van der Waals surface area (Å²) in [5.74, 6) is -0.838. The number of nitrogens with one attached hydrogen (secondary N) is 1. The van der Waals surface area contributed by atoms with Crippen molar-refractivity contribution in [2.75, 3.05) is 18.6 Å². The minimum atomic E-state index is -4.62. The largest absolute Gasteiger partial charge is 0.416 e. The van der Waals surface area contributed by atoms with E-state index in [9.17, 15) is 26.4 Å². The van der Waals surface area contributed by atoms with Gasteiger partial charge in [-0.2, -0.15) is 17.5 Å². The zero-order valence-electron chi connectivity index (χ0n) is 14.3. The molecule has 27 heavy (non-hydrogen) atoms. The van der Waals surface area contributed by atoms with Gasteiger partial charge in [0.25, 0.3) is 0 Å². The molecule has 146 valence electrons. The van der Waals surface area contributed by atoms with Gasteiger partial charge in [0.1, 0.15) is 6.04 Å². The summed E-state index contributed by atoms with van der Waals surface area (Å²) in [4.78, 5) is 12.8. The first-order chi connectivity index (χ1) is 12.4. The van der Waals surface area contributed by atoms with Crippen molar-refractivity contribution in [3.05, 3.63) is 64.7 Å². The lowest BCUT2D eigenvalue weighted by Gasteiger charge is -2.26. The van der Waals surface area contributed by atoms with E-state index in [-0.39, 0.29) is 10.7 Å². The normalized spacial score (nSPS) is 13.4. The van der Waals surface area contributed by atoms with Crippen molar-refractivity contribution in [3.63, 3.8) is 0 Å². The van der Waals surface area contributed by atoms with Crippen molar-refractivity contribution in [3.8, 4) is 0 Å². The van der Waals surface area contributed by atoms with E-state index in [0.29, 0.717) is 11.6 Å². The zero-order valence-corrected chi connectivity index (χ0v) is 15.9. The van der Waals surface area contributed by atoms with E-state index in [1.54, 1.807) is 30.3 Å². The van der Waals surface area contributed by atoms with Gasteiger partial charge in [-0.1, -0.05) is 41.9 Å². The van der Waals surface area contributed by atoms with Gasteiger partial charge in [-0.25, -0.2) is 8.42 Å². The van der Waals surface area contributed by atoms with Crippen LogP contribution in [0.25, 0.3) is 0 Å². The summed E-state index contributed by atoms with van der Waals surface area (Å²) in [5, 5.41) is 2.19. The second-order valence-electron chi connectivity index (χ2n) is 5.77. The lowest BCUT2D eigenvalue weighted by molar-refractivity contribution is -0.137. The molecule has 1 atom stereocenters. The average molecular weight is 421 g/mol. The Morgan fingerprint density at radius 1 is 1.15 bits per heavy atom. The summed E-state index contributed by atoms with van der Waals surface area (Å²) < 4.78 is 63.4. The fourth-order valence-electron chi connectivity index (χ4n) is 2.35. The Morgan fingerprint density at radius 3 is 2.26 bits per heavy atom. The molecule has 0 heterocycles. The molecule has 0 aliphatic heterocycles. The molecule has 0 spiro atoms. The summed E-state index contributed by atoms with van der Waals surface area (Å²) in [6.45, 7) is 0. The predicted molar refractivity (Wildman–Crippen MR) is 96.9 cm³/mol.